The fraction of sp³-hybridized carbons (Fsp3) is 0.818. The molecule has 2 heterocycles. The summed E-state index contributed by atoms with van der Waals surface area (Å²) in [4.78, 5) is 25.2. The Kier molecular flexibility index (Phi) is 4.08. The second-order valence-electron chi connectivity index (χ2n) is 5.20. The average Bonchev–Trinajstić information content (AvgIpc) is 2.96. The highest BCUT2D eigenvalue weighted by atomic mass is 35.5. The minimum atomic E-state index is -0.317. The number of hydrogen-bond acceptors (Lipinski definition) is 4. The lowest BCUT2D eigenvalue weighted by Gasteiger charge is -2.21. The van der Waals surface area contributed by atoms with E-state index in [1.54, 1.807) is 0 Å². The number of nitrogens with two attached hydrogens (primary N) is 1. The van der Waals surface area contributed by atoms with Gasteiger partial charge >= 0.3 is 0 Å². The number of hydrogen-bond donors (Lipinski definition) is 2. The molecular formula is C11H18ClN3O2S. The molecule has 2 saturated heterocycles. The zero-order valence-corrected chi connectivity index (χ0v) is 11.6. The molecule has 0 radical (unpaired) electrons. The van der Waals surface area contributed by atoms with Gasteiger partial charge in [0.2, 0.25) is 5.91 Å². The van der Waals surface area contributed by atoms with Crippen LogP contribution in [0.1, 0.15) is 12.8 Å². The Balaban J connectivity index is 0.00000120. The van der Waals surface area contributed by atoms with E-state index in [1.165, 1.54) is 11.8 Å². The number of carbonyl (C=O) groups excluding carboxylic acids is 2. The van der Waals surface area contributed by atoms with Crippen LogP contribution in [0.15, 0.2) is 0 Å². The van der Waals surface area contributed by atoms with Crippen LogP contribution in [0.25, 0.3) is 0 Å². The third-order valence-electron chi connectivity index (χ3n) is 4.20. The summed E-state index contributed by atoms with van der Waals surface area (Å²) in [5.74, 6) is 1.70. The standard InChI is InChI=1S/C11H17N3O2S.ClH/c12-8-2-1-6-3-14(4-7(6)8)10(15)9-5-17-11(16)13-9;/h6-9H,1-5,12H2,(H,13,16);1H/t6?,7?,8?,9-;/m0./s1. The summed E-state index contributed by atoms with van der Waals surface area (Å²) < 4.78 is 0. The minimum absolute atomic E-state index is 0. The second-order valence-corrected chi connectivity index (χ2v) is 6.20. The molecule has 0 aromatic heterocycles. The average molecular weight is 292 g/mol. The molecule has 2 amide bonds. The van der Waals surface area contributed by atoms with Crippen LogP contribution >= 0.6 is 24.2 Å². The van der Waals surface area contributed by atoms with Gasteiger partial charge in [-0.3, -0.25) is 9.59 Å². The summed E-state index contributed by atoms with van der Waals surface area (Å²) in [7, 11) is 0. The van der Waals surface area contributed by atoms with Crippen LogP contribution in [0.2, 0.25) is 0 Å². The van der Waals surface area contributed by atoms with Crippen molar-refractivity contribution < 1.29 is 9.59 Å². The van der Waals surface area contributed by atoms with E-state index in [2.05, 4.69) is 5.32 Å². The van der Waals surface area contributed by atoms with E-state index < -0.39 is 0 Å². The molecule has 3 fully saturated rings. The van der Waals surface area contributed by atoms with Crippen molar-refractivity contribution in [3.05, 3.63) is 0 Å². The van der Waals surface area contributed by atoms with Crippen molar-refractivity contribution in [2.75, 3.05) is 18.8 Å². The Labute approximate surface area is 117 Å². The molecule has 102 valence electrons. The van der Waals surface area contributed by atoms with Crippen molar-refractivity contribution in [3.8, 4) is 0 Å². The number of thioether (sulfide) groups is 1. The molecule has 3 aliphatic rings. The molecule has 2 aliphatic heterocycles. The summed E-state index contributed by atoms with van der Waals surface area (Å²) in [5.41, 5.74) is 6.05. The molecule has 3 rings (SSSR count). The van der Waals surface area contributed by atoms with Crippen LogP contribution in [0, 0.1) is 11.8 Å². The molecule has 0 aromatic carbocycles. The predicted octanol–water partition coefficient (Wildman–Crippen LogP) is 0.429. The number of nitrogens with zero attached hydrogens (tertiary/aromatic N) is 1. The molecule has 0 bridgehead atoms. The smallest absolute Gasteiger partial charge is 0.279 e. The number of carbonyl (C=O) groups is 2. The first-order valence-electron chi connectivity index (χ1n) is 6.13. The second kappa shape index (κ2) is 5.27. The molecule has 4 atom stereocenters. The van der Waals surface area contributed by atoms with Gasteiger partial charge in [-0.05, 0) is 24.7 Å². The topological polar surface area (TPSA) is 75.4 Å². The number of nitrogens with one attached hydrogen (secondary N) is 1. The number of amides is 2. The summed E-state index contributed by atoms with van der Waals surface area (Å²) in [6.45, 7) is 1.61. The Morgan fingerprint density at radius 3 is 2.78 bits per heavy atom. The van der Waals surface area contributed by atoms with E-state index in [4.69, 9.17) is 5.73 Å². The Morgan fingerprint density at radius 1 is 1.39 bits per heavy atom. The van der Waals surface area contributed by atoms with Gasteiger partial charge in [0, 0.05) is 24.9 Å². The van der Waals surface area contributed by atoms with Gasteiger partial charge in [0.1, 0.15) is 6.04 Å². The van der Waals surface area contributed by atoms with Crippen molar-refractivity contribution in [2.45, 2.75) is 24.9 Å². The van der Waals surface area contributed by atoms with E-state index in [-0.39, 0.29) is 35.6 Å². The van der Waals surface area contributed by atoms with Gasteiger partial charge in [-0.2, -0.15) is 0 Å². The Morgan fingerprint density at radius 2 is 2.17 bits per heavy atom. The molecule has 1 saturated carbocycles. The third-order valence-corrected chi connectivity index (χ3v) is 5.08. The molecule has 3 N–H and O–H groups in total. The van der Waals surface area contributed by atoms with Crippen molar-refractivity contribution in [3.63, 3.8) is 0 Å². The summed E-state index contributed by atoms with van der Waals surface area (Å²) in [6, 6.07) is -0.0621. The predicted molar refractivity (Wildman–Crippen MR) is 72.8 cm³/mol. The van der Waals surface area contributed by atoms with Crippen LogP contribution < -0.4 is 11.1 Å². The molecule has 3 unspecified atom stereocenters. The SMILES string of the molecule is Cl.NC1CCC2CN(C(=O)[C@@H]3CSC(=O)N3)CC12. The summed E-state index contributed by atoms with van der Waals surface area (Å²) in [5, 5.41) is 2.63. The van der Waals surface area contributed by atoms with Crippen molar-refractivity contribution in [1.82, 2.24) is 10.2 Å². The summed E-state index contributed by atoms with van der Waals surface area (Å²) in [6.07, 6.45) is 2.23. The first-order valence-corrected chi connectivity index (χ1v) is 7.11. The molecule has 0 aromatic rings. The molecular weight excluding hydrogens is 274 g/mol. The molecule has 5 nitrogen and oxygen atoms in total. The highest BCUT2D eigenvalue weighted by Crippen LogP contribution is 2.37. The van der Waals surface area contributed by atoms with E-state index in [0.29, 0.717) is 17.6 Å². The van der Waals surface area contributed by atoms with Crippen LogP contribution in [-0.4, -0.2) is 47.0 Å². The highest BCUT2D eigenvalue weighted by molar-refractivity contribution is 8.14. The fourth-order valence-electron chi connectivity index (χ4n) is 3.23. The van der Waals surface area contributed by atoms with Crippen LogP contribution in [-0.2, 0) is 4.79 Å². The molecule has 0 spiro atoms. The van der Waals surface area contributed by atoms with Gasteiger partial charge in [-0.15, -0.1) is 12.4 Å². The van der Waals surface area contributed by atoms with Crippen molar-refractivity contribution in [2.24, 2.45) is 17.6 Å². The Hall–Kier alpha value is -0.460. The van der Waals surface area contributed by atoms with E-state index in [0.717, 1.165) is 25.9 Å². The van der Waals surface area contributed by atoms with Gasteiger partial charge < -0.3 is 16.0 Å². The lowest BCUT2D eigenvalue weighted by atomic mass is 9.98. The Bertz CT molecular complexity index is 368. The summed E-state index contributed by atoms with van der Waals surface area (Å²) >= 11 is 1.19. The van der Waals surface area contributed by atoms with E-state index >= 15 is 0 Å². The van der Waals surface area contributed by atoms with Crippen LogP contribution in [0.5, 0.6) is 0 Å². The number of rotatable bonds is 1. The van der Waals surface area contributed by atoms with Crippen molar-refractivity contribution in [1.29, 1.82) is 0 Å². The maximum absolute atomic E-state index is 12.2. The van der Waals surface area contributed by atoms with Gasteiger partial charge in [0.25, 0.3) is 5.24 Å². The lowest BCUT2D eigenvalue weighted by molar-refractivity contribution is -0.131. The maximum atomic E-state index is 12.2. The zero-order valence-electron chi connectivity index (χ0n) is 10.0. The first-order chi connectivity index (χ1) is 8.15. The number of halogens is 1. The largest absolute Gasteiger partial charge is 0.340 e. The fourth-order valence-corrected chi connectivity index (χ4v) is 4.00. The van der Waals surface area contributed by atoms with E-state index in [9.17, 15) is 9.59 Å². The normalized spacial score (nSPS) is 38.3. The third kappa shape index (κ3) is 2.33. The van der Waals surface area contributed by atoms with Gasteiger partial charge in [-0.25, -0.2) is 0 Å². The number of fused-ring (bicyclic) bond motifs is 1. The van der Waals surface area contributed by atoms with Crippen LogP contribution in [0.3, 0.4) is 0 Å². The zero-order chi connectivity index (χ0) is 12.0. The minimum Gasteiger partial charge on any atom is -0.340 e. The highest BCUT2D eigenvalue weighted by Gasteiger charge is 2.44. The number of likely N-dealkylation sites (tertiary alicyclic amines) is 1. The van der Waals surface area contributed by atoms with E-state index in [1.807, 2.05) is 4.90 Å². The van der Waals surface area contributed by atoms with Gasteiger partial charge in [0.15, 0.2) is 0 Å². The van der Waals surface area contributed by atoms with Crippen LogP contribution in [0.4, 0.5) is 4.79 Å². The van der Waals surface area contributed by atoms with Gasteiger partial charge in [0.05, 0.1) is 0 Å². The monoisotopic (exact) mass is 291 g/mol. The van der Waals surface area contributed by atoms with Crippen molar-refractivity contribution >= 4 is 35.3 Å². The molecule has 1 aliphatic carbocycles. The molecule has 7 heteroatoms. The quantitative estimate of drug-likeness (QED) is 0.735. The maximum Gasteiger partial charge on any atom is 0.279 e. The molecule has 18 heavy (non-hydrogen) atoms. The first kappa shape index (κ1) is 14.0. The van der Waals surface area contributed by atoms with Gasteiger partial charge in [-0.1, -0.05) is 11.8 Å². The lowest BCUT2D eigenvalue weighted by Crippen LogP contribution is -2.45.